The number of rotatable bonds is 12. The Morgan fingerprint density at radius 1 is 0.826 bits per heavy atom. The van der Waals surface area contributed by atoms with Crippen LogP contribution >= 0.6 is 0 Å². The van der Waals surface area contributed by atoms with E-state index in [1.807, 2.05) is 12.1 Å². The van der Waals surface area contributed by atoms with E-state index in [0.717, 1.165) is 6.42 Å². The minimum atomic E-state index is -0.262. The Hall–Kier alpha value is -0.310. The second-order valence-electron chi connectivity index (χ2n) is 6.17. The molecule has 0 atom stereocenters. The number of carbonyl (C=O) groups is 1. The summed E-state index contributed by atoms with van der Waals surface area (Å²) in [5, 5.41) is 0. The van der Waals surface area contributed by atoms with Crippen molar-refractivity contribution in [2.45, 2.75) is 84.5 Å². The molecule has 1 aromatic rings. The molecule has 3 heteroatoms. The molecule has 23 heavy (non-hydrogen) atoms. The van der Waals surface area contributed by atoms with Crippen molar-refractivity contribution in [3.05, 3.63) is 29.8 Å². The summed E-state index contributed by atoms with van der Waals surface area (Å²) in [5.41, 5.74) is 1.33. The maximum absolute atomic E-state index is 10.8. The molecule has 0 saturated heterocycles. The van der Waals surface area contributed by atoms with E-state index < -0.39 is 0 Å². The molecule has 2 nitrogen and oxygen atoms in total. The van der Waals surface area contributed by atoms with Crippen LogP contribution in [0.4, 0.5) is 0 Å². The van der Waals surface area contributed by atoms with Crippen molar-refractivity contribution >= 4 is 5.97 Å². The van der Waals surface area contributed by atoms with Crippen molar-refractivity contribution < 1.29 is 39.1 Å². The van der Waals surface area contributed by atoms with Gasteiger partial charge >= 0.3 is 35.5 Å². The van der Waals surface area contributed by atoms with Crippen LogP contribution in [-0.2, 0) is 11.2 Å². The third-order valence-corrected chi connectivity index (χ3v) is 4.00. The predicted octanol–water partition coefficient (Wildman–Crippen LogP) is 3.08. The molecule has 0 saturated carbocycles. The van der Waals surface area contributed by atoms with Gasteiger partial charge in [-0.3, -0.25) is 4.79 Å². The van der Waals surface area contributed by atoms with Gasteiger partial charge in [0.2, 0.25) is 0 Å². The van der Waals surface area contributed by atoms with E-state index in [-0.39, 0.29) is 35.5 Å². The molecule has 0 fully saturated rings. The second kappa shape index (κ2) is 15.2. The summed E-state index contributed by atoms with van der Waals surface area (Å²) in [6.45, 7) is 3.70. The van der Waals surface area contributed by atoms with E-state index in [2.05, 4.69) is 19.1 Å². The van der Waals surface area contributed by atoms with Gasteiger partial charge in [-0.25, -0.2) is 0 Å². The molecule has 0 N–H and O–H groups in total. The van der Waals surface area contributed by atoms with Crippen molar-refractivity contribution in [3.63, 3.8) is 0 Å². The number of aryl methyl sites for hydroxylation is 1. The third kappa shape index (κ3) is 12.7. The van der Waals surface area contributed by atoms with E-state index in [9.17, 15) is 4.79 Å². The first-order chi connectivity index (χ1) is 10.7. The fourth-order valence-electron chi connectivity index (χ4n) is 2.71. The van der Waals surface area contributed by atoms with Crippen LogP contribution in [0.1, 0.15) is 83.6 Å². The standard InChI is InChI=1S/C20H32O2.Na/c1-3-4-5-6-7-8-9-10-11-12-13-19-14-16-20(17-15-19)22-18(2)21;/h14-17H,3-13H2,1-2H3;/q;+1. The van der Waals surface area contributed by atoms with Crippen LogP contribution in [0.5, 0.6) is 5.75 Å². The Bertz CT molecular complexity index is 401. The molecule has 0 aliphatic rings. The Morgan fingerprint density at radius 3 is 1.78 bits per heavy atom. The van der Waals surface area contributed by atoms with Crippen molar-refractivity contribution in [1.82, 2.24) is 0 Å². The molecular formula is C20H32NaO2+. The number of unbranched alkanes of at least 4 members (excludes halogenated alkanes) is 9. The maximum Gasteiger partial charge on any atom is 1.00 e. The molecule has 0 heterocycles. The third-order valence-electron chi connectivity index (χ3n) is 4.00. The summed E-state index contributed by atoms with van der Waals surface area (Å²) in [5.74, 6) is 0.377. The zero-order chi connectivity index (χ0) is 16.0. The molecule has 0 bridgehead atoms. The van der Waals surface area contributed by atoms with Crippen molar-refractivity contribution in [2.24, 2.45) is 0 Å². The molecule has 0 aliphatic heterocycles. The van der Waals surface area contributed by atoms with Gasteiger partial charge in [-0.15, -0.1) is 0 Å². The first kappa shape index (κ1) is 22.7. The van der Waals surface area contributed by atoms with Crippen LogP contribution in [0.2, 0.25) is 0 Å². The van der Waals surface area contributed by atoms with Gasteiger partial charge in [0.25, 0.3) is 0 Å². The van der Waals surface area contributed by atoms with E-state index in [0.29, 0.717) is 5.75 Å². The molecule has 0 radical (unpaired) electrons. The zero-order valence-electron chi connectivity index (χ0n) is 15.4. The number of esters is 1. The first-order valence-electron chi connectivity index (χ1n) is 8.99. The molecule has 124 valence electrons. The van der Waals surface area contributed by atoms with Crippen LogP contribution in [0.25, 0.3) is 0 Å². The normalized spacial score (nSPS) is 10.2. The Balaban J connectivity index is 0.00000484. The minimum Gasteiger partial charge on any atom is -0.427 e. The Kier molecular flexibility index (Phi) is 15.0. The molecule has 0 aliphatic carbocycles. The number of carbonyl (C=O) groups excluding carboxylic acids is 1. The molecular weight excluding hydrogens is 295 g/mol. The SMILES string of the molecule is CCCCCCCCCCCCc1ccc(OC(C)=O)cc1.[Na+]. The van der Waals surface area contributed by atoms with Crippen LogP contribution in [0.15, 0.2) is 24.3 Å². The number of hydrogen-bond acceptors (Lipinski definition) is 2. The van der Waals surface area contributed by atoms with E-state index >= 15 is 0 Å². The fourth-order valence-corrected chi connectivity index (χ4v) is 2.71. The maximum atomic E-state index is 10.8. The Labute approximate surface area is 164 Å². The van der Waals surface area contributed by atoms with Crippen molar-refractivity contribution in [1.29, 1.82) is 0 Å². The van der Waals surface area contributed by atoms with Gasteiger partial charge in [0, 0.05) is 6.92 Å². The topological polar surface area (TPSA) is 26.3 Å². The predicted molar refractivity (Wildman–Crippen MR) is 93.3 cm³/mol. The van der Waals surface area contributed by atoms with Crippen molar-refractivity contribution in [2.75, 3.05) is 0 Å². The summed E-state index contributed by atoms with van der Waals surface area (Å²) >= 11 is 0. The average molecular weight is 327 g/mol. The minimum absolute atomic E-state index is 0. The van der Waals surface area contributed by atoms with Crippen molar-refractivity contribution in [3.8, 4) is 5.75 Å². The van der Waals surface area contributed by atoms with Crippen LogP contribution < -0.4 is 34.3 Å². The number of hydrogen-bond donors (Lipinski definition) is 0. The fraction of sp³-hybridized carbons (Fsp3) is 0.650. The van der Waals surface area contributed by atoms with E-state index in [4.69, 9.17) is 4.74 Å². The quantitative estimate of drug-likeness (QED) is 0.255. The average Bonchev–Trinajstić information content (AvgIpc) is 2.50. The van der Waals surface area contributed by atoms with E-state index in [1.165, 1.54) is 76.7 Å². The Morgan fingerprint density at radius 2 is 1.30 bits per heavy atom. The van der Waals surface area contributed by atoms with Crippen LogP contribution in [0, 0.1) is 0 Å². The molecule has 0 unspecified atom stereocenters. The summed E-state index contributed by atoms with van der Waals surface area (Å²) in [6, 6.07) is 7.89. The smallest absolute Gasteiger partial charge is 0.427 e. The van der Waals surface area contributed by atoms with Crippen LogP contribution in [-0.4, -0.2) is 5.97 Å². The largest absolute Gasteiger partial charge is 1.00 e. The number of benzene rings is 1. The first-order valence-corrected chi connectivity index (χ1v) is 8.99. The second-order valence-corrected chi connectivity index (χ2v) is 6.17. The molecule has 1 aromatic carbocycles. The molecule has 0 amide bonds. The zero-order valence-corrected chi connectivity index (χ0v) is 17.4. The summed E-state index contributed by atoms with van der Waals surface area (Å²) in [4.78, 5) is 10.8. The van der Waals surface area contributed by atoms with Gasteiger partial charge in [-0.05, 0) is 30.5 Å². The van der Waals surface area contributed by atoms with E-state index in [1.54, 1.807) is 0 Å². The van der Waals surface area contributed by atoms with Gasteiger partial charge in [-0.1, -0.05) is 76.8 Å². The van der Waals surface area contributed by atoms with Gasteiger partial charge in [0.05, 0.1) is 0 Å². The molecule has 0 spiro atoms. The summed E-state index contributed by atoms with van der Waals surface area (Å²) < 4.78 is 5.04. The van der Waals surface area contributed by atoms with Gasteiger partial charge < -0.3 is 4.74 Å². The molecule has 1 rings (SSSR count). The summed E-state index contributed by atoms with van der Waals surface area (Å²) in [7, 11) is 0. The van der Waals surface area contributed by atoms with Gasteiger partial charge in [0.1, 0.15) is 5.75 Å². The van der Waals surface area contributed by atoms with Gasteiger partial charge in [0.15, 0.2) is 0 Å². The van der Waals surface area contributed by atoms with Crippen LogP contribution in [0.3, 0.4) is 0 Å². The number of ether oxygens (including phenoxy) is 1. The molecule has 0 aromatic heterocycles. The monoisotopic (exact) mass is 327 g/mol. The van der Waals surface area contributed by atoms with Gasteiger partial charge in [-0.2, -0.15) is 0 Å². The summed E-state index contributed by atoms with van der Waals surface area (Å²) in [6.07, 6.45) is 14.8.